The van der Waals surface area contributed by atoms with Crippen LogP contribution in [0.15, 0.2) is 65.4 Å². The lowest BCUT2D eigenvalue weighted by molar-refractivity contribution is -0.120. The topological polar surface area (TPSA) is 142 Å². The molecular formula is C25H32N4O6S2. The van der Waals surface area contributed by atoms with Crippen LogP contribution in [0.3, 0.4) is 0 Å². The number of likely N-dealkylation sites (N-methyl/N-ethyl adjacent to an activating group) is 1. The fourth-order valence-electron chi connectivity index (χ4n) is 3.94. The zero-order valence-electron chi connectivity index (χ0n) is 20.6. The summed E-state index contributed by atoms with van der Waals surface area (Å²) in [5, 5.41) is 6.36. The van der Waals surface area contributed by atoms with E-state index in [1.54, 1.807) is 36.4 Å². The molecule has 1 saturated heterocycles. The summed E-state index contributed by atoms with van der Waals surface area (Å²) in [7, 11) is -7.29. The molecule has 0 saturated carbocycles. The summed E-state index contributed by atoms with van der Waals surface area (Å²) >= 11 is 0. The minimum Gasteiger partial charge on any atom is -0.356 e. The number of hydrogen-bond donors (Lipinski definition) is 3. The molecule has 1 fully saturated rings. The third-order valence-electron chi connectivity index (χ3n) is 5.94. The molecule has 10 nitrogen and oxygen atoms in total. The van der Waals surface area contributed by atoms with E-state index in [4.69, 9.17) is 0 Å². The molecule has 200 valence electrons. The first-order valence-electron chi connectivity index (χ1n) is 11.9. The molecule has 37 heavy (non-hydrogen) atoms. The van der Waals surface area contributed by atoms with E-state index in [9.17, 15) is 26.4 Å². The van der Waals surface area contributed by atoms with Gasteiger partial charge >= 0.3 is 0 Å². The van der Waals surface area contributed by atoms with E-state index in [1.165, 1.54) is 16.4 Å². The van der Waals surface area contributed by atoms with E-state index in [0.29, 0.717) is 30.8 Å². The number of hydrogen-bond acceptors (Lipinski definition) is 6. The molecule has 2 aromatic rings. The summed E-state index contributed by atoms with van der Waals surface area (Å²) < 4.78 is 52.8. The second-order valence-electron chi connectivity index (χ2n) is 8.77. The zero-order valence-corrected chi connectivity index (χ0v) is 22.3. The SMILES string of the molecule is C=CS(=O)(=O)NCC1CCN(S(=O)(=O)c2ccc(CC(=O)Nc3ccc(CC(=O)NCC)cc3)cc2)C1. The summed E-state index contributed by atoms with van der Waals surface area (Å²) in [5.74, 6) is -0.447. The van der Waals surface area contributed by atoms with Crippen LogP contribution in [0.1, 0.15) is 24.5 Å². The van der Waals surface area contributed by atoms with Crippen LogP contribution in [0, 0.1) is 5.92 Å². The highest BCUT2D eigenvalue weighted by molar-refractivity contribution is 7.92. The van der Waals surface area contributed by atoms with Gasteiger partial charge in [0.2, 0.25) is 31.9 Å². The molecule has 0 spiro atoms. The van der Waals surface area contributed by atoms with Gasteiger partial charge in [-0.15, -0.1) is 0 Å². The molecular weight excluding hydrogens is 516 g/mol. The number of sulfonamides is 2. The number of benzene rings is 2. The van der Waals surface area contributed by atoms with E-state index in [1.807, 2.05) is 6.92 Å². The van der Waals surface area contributed by atoms with Gasteiger partial charge in [-0.2, -0.15) is 4.31 Å². The van der Waals surface area contributed by atoms with Gasteiger partial charge < -0.3 is 10.6 Å². The van der Waals surface area contributed by atoms with Crippen LogP contribution in [0.2, 0.25) is 0 Å². The Morgan fingerprint density at radius 2 is 1.57 bits per heavy atom. The lowest BCUT2D eigenvalue weighted by Crippen LogP contribution is -2.32. The molecule has 0 aromatic heterocycles. The standard InChI is InChI=1S/C25H32N4O6S2/c1-3-26-24(30)15-19-5-9-22(10-6-19)28-25(31)16-20-7-11-23(12-8-20)37(34,35)29-14-13-21(18-29)17-27-36(32,33)4-2/h4-12,21,27H,2-3,13-18H2,1H3,(H,26,30)(H,28,31). The fraction of sp³-hybridized carbons (Fsp3) is 0.360. The molecule has 0 aliphatic carbocycles. The Bertz CT molecular complexity index is 1320. The number of carbonyl (C=O) groups is 2. The largest absolute Gasteiger partial charge is 0.356 e. The van der Waals surface area contributed by atoms with E-state index in [0.717, 1.165) is 11.0 Å². The van der Waals surface area contributed by atoms with Crippen LogP contribution in [-0.4, -0.2) is 59.1 Å². The normalized spacial score (nSPS) is 16.3. The molecule has 0 bridgehead atoms. The maximum atomic E-state index is 13.0. The molecule has 1 atom stereocenters. The zero-order chi connectivity index (χ0) is 27.1. The number of carbonyl (C=O) groups excluding carboxylic acids is 2. The first-order chi connectivity index (χ1) is 17.5. The van der Waals surface area contributed by atoms with Crippen LogP contribution in [-0.2, 0) is 42.5 Å². The van der Waals surface area contributed by atoms with Gasteiger partial charge in [0.25, 0.3) is 0 Å². The van der Waals surface area contributed by atoms with Crippen LogP contribution < -0.4 is 15.4 Å². The average Bonchev–Trinajstić information content (AvgIpc) is 3.35. The molecule has 2 aromatic carbocycles. The second kappa shape index (κ2) is 12.5. The molecule has 1 heterocycles. The number of rotatable bonds is 12. The van der Waals surface area contributed by atoms with Crippen LogP contribution in [0.5, 0.6) is 0 Å². The van der Waals surface area contributed by atoms with Crippen LogP contribution in [0.4, 0.5) is 5.69 Å². The number of amides is 2. The lowest BCUT2D eigenvalue weighted by Gasteiger charge is -2.17. The lowest BCUT2D eigenvalue weighted by atomic mass is 10.1. The third kappa shape index (κ3) is 8.22. The Morgan fingerprint density at radius 1 is 0.973 bits per heavy atom. The van der Waals surface area contributed by atoms with E-state index >= 15 is 0 Å². The highest BCUT2D eigenvalue weighted by Crippen LogP contribution is 2.24. The Labute approximate surface area is 218 Å². The molecule has 3 N–H and O–H groups in total. The maximum absolute atomic E-state index is 13.0. The van der Waals surface area contributed by atoms with Crippen molar-refractivity contribution in [3.05, 3.63) is 71.6 Å². The first kappa shape index (κ1) is 28.5. The highest BCUT2D eigenvalue weighted by Gasteiger charge is 2.32. The van der Waals surface area contributed by atoms with Crippen LogP contribution in [0.25, 0.3) is 0 Å². The summed E-state index contributed by atoms with van der Waals surface area (Å²) in [6.07, 6.45) is 0.879. The number of nitrogens with zero attached hydrogens (tertiary/aromatic N) is 1. The van der Waals surface area contributed by atoms with Gasteiger partial charge in [0.15, 0.2) is 0 Å². The molecule has 1 aliphatic rings. The fourth-order valence-corrected chi connectivity index (χ4v) is 6.06. The van der Waals surface area contributed by atoms with Crippen molar-refractivity contribution < 1.29 is 26.4 Å². The van der Waals surface area contributed by atoms with Crippen molar-refractivity contribution in [1.29, 1.82) is 0 Å². The summed E-state index contributed by atoms with van der Waals surface area (Å²) in [6, 6.07) is 13.2. The van der Waals surface area contributed by atoms with Gasteiger partial charge in [-0.3, -0.25) is 9.59 Å². The molecule has 12 heteroatoms. The van der Waals surface area contributed by atoms with Crippen LogP contribution >= 0.6 is 0 Å². The molecule has 3 rings (SSSR count). The van der Waals surface area contributed by atoms with Crippen molar-refractivity contribution in [2.24, 2.45) is 5.92 Å². The highest BCUT2D eigenvalue weighted by atomic mass is 32.2. The van der Waals surface area contributed by atoms with Crippen molar-refractivity contribution >= 4 is 37.5 Å². The first-order valence-corrected chi connectivity index (χ1v) is 14.9. The van der Waals surface area contributed by atoms with Gasteiger partial charge in [0.05, 0.1) is 17.7 Å². The predicted molar refractivity (Wildman–Crippen MR) is 142 cm³/mol. The molecule has 1 unspecified atom stereocenters. The average molecular weight is 549 g/mol. The molecule has 0 radical (unpaired) electrons. The number of nitrogens with one attached hydrogen (secondary N) is 3. The van der Waals surface area contributed by atoms with E-state index in [2.05, 4.69) is 21.9 Å². The van der Waals surface area contributed by atoms with Gasteiger partial charge in [-0.25, -0.2) is 21.6 Å². The maximum Gasteiger partial charge on any atom is 0.243 e. The Hall–Kier alpha value is -3.06. The monoisotopic (exact) mass is 548 g/mol. The Balaban J connectivity index is 1.53. The van der Waals surface area contributed by atoms with Gasteiger partial charge in [-0.05, 0) is 54.7 Å². The summed E-state index contributed by atoms with van der Waals surface area (Å²) in [5.41, 5.74) is 2.09. The smallest absolute Gasteiger partial charge is 0.243 e. The third-order valence-corrected chi connectivity index (χ3v) is 8.83. The van der Waals surface area contributed by atoms with Crippen molar-refractivity contribution in [2.75, 3.05) is 31.5 Å². The van der Waals surface area contributed by atoms with Crippen molar-refractivity contribution in [1.82, 2.24) is 14.3 Å². The summed E-state index contributed by atoms with van der Waals surface area (Å²) in [4.78, 5) is 24.2. The summed E-state index contributed by atoms with van der Waals surface area (Å²) in [6.45, 7) is 6.33. The Morgan fingerprint density at radius 3 is 2.16 bits per heavy atom. The van der Waals surface area contributed by atoms with Gasteiger partial charge in [0, 0.05) is 37.3 Å². The molecule has 1 aliphatic heterocycles. The second-order valence-corrected chi connectivity index (χ2v) is 12.4. The van der Waals surface area contributed by atoms with Crippen molar-refractivity contribution in [3.8, 4) is 0 Å². The van der Waals surface area contributed by atoms with Gasteiger partial charge in [0.1, 0.15) is 0 Å². The van der Waals surface area contributed by atoms with E-state index < -0.39 is 20.0 Å². The Kier molecular flexibility index (Phi) is 9.60. The molecule has 2 amide bonds. The number of anilines is 1. The minimum atomic E-state index is -3.73. The van der Waals surface area contributed by atoms with Crippen molar-refractivity contribution in [2.45, 2.75) is 31.1 Å². The quantitative estimate of drug-likeness (QED) is 0.368. The van der Waals surface area contributed by atoms with E-state index in [-0.39, 0.29) is 48.6 Å². The van der Waals surface area contributed by atoms with Gasteiger partial charge in [-0.1, -0.05) is 30.8 Å². The predicted octanol–water partition coefficient (Wildman–Crippen LogP) is 1.62. The van der Waals surface area contributed by atoms with Crippen molar-refractivity contribution in [3.63, 3.8) is 0 Å². The minimum absolute atomic E-state index is 0.0646.